The molecule has 150 valence electrons. The van der Waals surface area contributed by atoms with Crippen LogP contribution >= 0.6 is 0 Å². The minimum Gasteiger partial charge on any atom is -0.339 e. The van der Waals surface area contributed by atoms with E-state index in [4.69, 9.17) is 4.52 Å². The Morgan fingerprint density at radius 2 is 2.10 bits per heavy atom. The second-order valence-electron chi connectivity index (χ2n) is 7.33. The number of nitro groups is 1. The molecule has 0 N–H and O–H groups in total. The number of hydrogen-bond donors (Lipinski definition) is 0. The molecule has 1 fully saturated rings. The van der Waals surface area contributed by atoms with E-state index in [1.807, 2.05) is 13.0 Å². The molecular weight excluding hydrogens is 375 g/mol. The van der Waals surface area contributed by atoms with Crippen molar-refractivity contribution in [2.75, 3.05) is 13.1 Å². The van der Waals surface area contributed by atoms with Crippen LogP contribution in [0.4, 0.5) is 10.1 Å². The maximum absolute atomic E-state index is 13.5. The summed E-state index contributed by atoms with van der Waals surface area (Å²) in [4.78, 5) is 17.5. The highest BCUT2D eigenvalue weighted by Crippen LogP contribution is 2.33. The van der Waals surface area contributed by atoms with Crippen molar-refractivity contribution in [2.24, 2.45) is 0 Å². The zero-order chi connectivity index (χ0) is 20.4. The number of nitrogens with zero attached hydrogens (tertiary/aromatic N) is 4. The first kappa shape index (κ1) is 19.2. The highest BCUT2D eigenvalue weighted by molar-refractivity contribution is 5.53. The number of likely N-dealkylation sites (tertiary alicyclic amines) is 1. The smallest absolute Gasteiger partial charge is 0.269 e. The molecule has 1 aromatic heterocycles. The third-order valence-electron chi connectivity index (χ3n) is 5.44. The summed E-state index contributed by atoms with van der Waals surface area (Å²) in [5.74, 6) is 0.645. The van der Waals surface area contributed by atoms with Crippen molar-refractivity contribution in [2.45, 2.75) is 31.7 Å². The Morgan fingerprint density at radius 1 is 1.28 bits per heavy atom. The molecule has 1 aliphatic rings. The van der Waals surface area contributed by atoms with Gasteiger partial charge in [0.1, 0.15) is 5.82 Å². The number of benzene rings is 2. The number of non-ortho nitro benzene ring substituents is 1. The summed E-state index contributed by atoms with van der Waals surface area (Å²) in [6.07, 6.45) is 1.88. The Balaban J connectivity index is 1.50. The van der Waals surface area contributed by atoms with E-state index in [2.05, 4.69) is 15.0 Å². The minimum atomic E-state index is -0.373. The maximum Gasteiger partial charge on any atom is 0.269 e. The lowest BCUT2D eigenvalue weighted by molar-refractivity contribution is -0.385. The monoisotopic (exact) mass is 396 g/mol. The molecule has 2 unspecified atom stereocenters. The van der Waals surface area contributed by atoms with Crippen LogP contribution in [0.2, 0.25) is 0 Å². The molecule has 2 aromatic carbocycles. The van der Waals surface area contributed by atoms with Gasteiger partial charge >= 0.3 is 0 Å². The van der Waals surface area contributed by atoms with Crippen LogP contribution in [0.15, 0.2) is 53.1 Å². The molecule has 4 rings (SSSR count). The summed E-state index contributed by atoms with van der Waals surface area (Å²) in [5.41, 5.74) is 1.59. The second kappa shape index (κ2) is 8.08. The predicted octanol–water partition coefficient (Wildman–Crippen LogP) is 4.72. The number of halogens is 1. The molecule has 0 amide bonds. The van der Waals surface area contributed by atoms with Gasteiger partial charge in [-0.2, -0.15) is 4.98 Å². The SMILES string of the molecule is CC(c1cccc([N+](=O)[O-])c1)N1CCCC(c2nc(-c3cccc(F)c3)no2)C1. The van der Waals surface area contributed by atoms with Gasteiger partial charge < -0.3 is 4.52 Å². The molecule has 7 nitrogen and oxygen atoms in total. The van der Waals surface area contributed by atoms with Gasteiger partial charge in [-0.05, 0) is 44.0 Å². The van der Waals surface area contributed by atoms with Gasteiger partial charge in [0.05, 0.1) is 10.8 Å². The van der Waals surface area contributed by atoms with Crippen LogP contribution in [-0.2, 0) is 0 Å². The number of piperidine rings is 1. The van der Waals surface area contributed by atoms with Crippen molar-refractivity contribution in [1.29, 1.82) is 0 Å². The van der Waals surface area contributed by atoms with Crippen molar-refractivity contribution in [1.82, 2.24) is 15.0 Å². The van der Waals surface area contributed by atoms with Gasteiger partial charge in [0.25, 0.3) is 5.69 Å². The Kier molecular flexibility index (Phi) is 5.35. The molecule has 0 aliphatic carbocycles. The van der Waals surface area contributed by atoms with E-state index in [0.29, 0.717) is 23.8 Å². The van der Waals surface area contributed by atoms with E-state index in [-0.39, 0.29) is 28.4 Å². The minimum absolute atomic E-state index is 0.0308. The molecule has 0 saturated carbocycles. The van der Waals surface area contributed by atoms with E-state index in [9.17, 15) is 14.5 Å². The lowest BCUT2D eigenvalue weighted by Crippen LogP contribution is -2.36. The highest BCUT2D eigenvalue weighted by Gasteiger charge is 2.29. The zero-order valence-electron chi connectivity index (χ0n) is 16.0. The fourth-order valence-electron chi connectivity index (χ4n) is 3.81. The Hall–Kier alpha value is -3.13. The lowest BCUT2D eigenvalue weighted by atomic mass is 9.95. The average Bonchev–Trinajstić information content (AvgIpc) is 3.24. The highest BCUT2D eigenvalue weighted by atomic mass is 19.1. The molecule has 8 heteroatoms. The molecule has 29 heavy (non-hydrogen) atoms. The molecular formula is C21H21FN4O3. The molecule has 0 bridgehead atoms. The number of aromatic nitrogens is 2. The van der Waals surface area contributed by atoms with Gasteiger partial charge in [0.2, 0.25) is 11.7 Å². The van der Waals surface area contributed by atoms with Crippen LogP contribution in [0.5, 0.6) is 0 Å². The first-order valence-corrected chi connectivity index (χ1v) is 9.59. The number of nitro benzene ring substituents is 1. The summed E-state index contributed by atoms with van der Waals surface area (Å²) in [7, 11) is 0. The zero-order valence-corrected chi connectivity index (χ0v) is 16.0. The van der Waals surface area contributed by atoms with Gasteiger partial charge in [-0.1, -0.05) is 29.4 Å². The van der Waals surface area contributed by atoms with Crippen molar-refractivity contribution >= 4 is 5.69 Å². The third kappa shape index (κ3) is 4.17. The molecule has 2 atom stereocenters. The van der Waals surface area contributed by atoms with Gasteiger partial charge in [-0.15, -0.1) is 0 Å². The van der Waals surface area contributed by atoms with Crippen molar-refractivity contribution in [3.63, 3.8) is 0 Å². The van der Waals surface area contributed by atoms with E-state index in [1.54, 1.807) is 24.3 Å². The van der Waals surface area contributed by atoms with E-state index in [0.717, 1.165) is 24.9 Å². The van der Waals surface area contributed by atoms with Crippen molar-refractivity contribution in [3.05, 3.63) is 75.9 Å². The molecule has 1 saturated heterocycles. The molecule has 2 heterocycles. The molecule has 0 radical (unpaired) electrons. The van der Waals surface area contributed by atoms with Crippen LogP contribution in [0, 0.1) is 15.9 Å². The van der Waals surface area contributed by atoms with Gasteiger partial charge in [-0.3, -0.25) is 15.0 Å². The van der Waals surface area contributed by atoms with Gasteiger partial charge in [0, 0.05) is 30.3 Å². The first-order chi connectivity index (χ1) is 14.0. The Labute approximate surface area is 167 Å². The predicted molar refractivity (Wildman–Crippen MR) is 105 cm³/mol. The summed E-state index contributed by atoms with van der Waals surface area (Å²) >= 11 is 0. The van der Waals surface area contributed by atoms with Crippen LogP contribution in [0.1, 0.15) is 43.2 Å². The Bertz CT molecular complexity index is 1020. The largest absolute Gasteiger partial charge is 0.339 e. The average molecular weight is 396 g/mol. The fourth-order valence-corrected chi connectivity index (χ4v) is 3.81. The van der Waals surface area contributed by atoms with Crippen LogP contribution < -0.4 is 0 Å². The lowest BCUT2D eigenvalue weighted by Gasteiger charge is -2.35. The first-order valence-electron chi connectivity index (χ1n) is 9.59. The molecule has 3 aromatic rings. The Morgan fingerprint density at radius 3 is 2.90 bits per heavy atom. The second-order valence-corrected chi connectivity index (χ2v) is 7.33. The maximum atomic E-state index is 13.5. The topological polar surface area (TPSA) is 85.3 Å². The molecule has 1 aliphatic heterocycles. The van der Waals surface area contributed by atoms with E-state index >= 15 is 0 Å². The van der Waals surface area contributed by atoms with Crippen molar-refractivity contribution in [3.8, 4) is 11.4 Å². The van der Waals surface area contributed by atoms with Gasteiger partial charge in [-0.25, -0.2) is 4.39 Å². The van der Waals surface area contributed by atoms with Gasteiger partial charge in [0.15, 0.2) is 0 Å². The summed E-state index contributed by atoms with van der Waals surface area (Å²) < 4.78 is 18.9. The van der Waals surface area contributed by atoms with Crippen LogP contribution in [0.3, 0.4) is 0 Å². The molecule has 0 spiro atoms. The van der Waals surface area contributed by atoms with Crippen LogP contribution in [0.25, 0.3) is 11.4 Å². The third-order valence-corrected chi connectivity index (χ3v) is 5.44. The van der Waals surface area contributed by atoms with E-state index in [1.165, 1.54) is 18.2 Å². The quantitative estimate of drug-likeness (QED) is 0.458. The number of hydrogen-bond acceptors (Lipinski definition) is 6. The standard InChI is InChI=1S/C21H21FN4O3/c1-14(15-5-3-9-19(12-15)26(27)28)25-10-4-7-17(13-25)21-23-20(24-29-21)16-6-2-8-18(22)11-16/h2-3,5-6,8-9,11-12,14,17H,4,7,10,13H2,1H3. The summed E-state index contributed by atoms with van der Waals surface area (Å²) in [6, 6.07) is 12.9. The van der Waals surface area contributed by atoms with Crippen LogP contribution in [-0.4, -0.2) is 33.1 Å². The van der Waals surface area contributed by atoms with E-state index < -0.39 is 0 Å². The normalized spacial score (nSPS) is 18.5. The number of rotatable bonds is 5. The van der Waals surface area contributed by atoms with Crippen molar-refractivity contribution < 1.29 is 13.8 Å². The summed E-state index contributed by atoms with van der Waals surface area (Å²) in [5, 5.41) is 15.1. The summed E-state index contributed by atoms with van der Waals surface area (Å²) in [6.45, 7) is 3.66. The fraction of sp³-hybridized carbons (Fsp3) is 0.333.